The normalized spacial score (nSPS) is 14.2. The molecule has 0 aromatic heterocycles. The molecule has 0 heterocycles. The van der Waals surface area contributed by atoms with Crippen molar-refractivity contribution < 1.29 is 9.53 Å². The Balaban J connectivity index is 1.83. The SMILES string of the molecule is CCOc1ccc(C(=O)NCCN(CC)C2CC2)cc1N. The van der Waals surface area contributed by atoms with Crippen LogP contribution in [0.2, 0.25) is 0 Å². The first-order valence-corrected chi connectivity index (χ1v) is 7.70. The zero-order valence-corrected chi connectivity index (χ0v) is 12.9. The van der Waals surface area contributed by atoms with Crippen LogP contribution in [0, 0.1) is 0 Å². The van der Waals surface area contributed by atoms with E-state index in [4.69, 9.17) is 10.5 Å². The van der Waals surface area contributed by atoms with Gasteiger partial charge in [0, 0.05) is 24.7 Å². The highest BCUT2D eigenvalue weighted by atomic mass is 16.5. The van der Waals surface area contributed by atoms with Crippen molar-refractivity contribution in [3.8, 4) is 5.75 Å². The van der Waals surface area contributed by atoms with Crippen LogP contribution in [0.5, 0.6) is 5.75 Å². The predicted octanol–water partition coefficient (Wildman–Crippen LogP) is 1.88. The fourth-order valence-electron chi connectivity index (χ4n) is 2.43. The molecule has 1 fully saturated rings. The molecule has 2 rings (SSSR count). The maximum absolute atomic E-state index is 12.1. The minimum Gasteiger partial charge on any atom is -0.492 e. The lowest BCUT2D eigenvalue weighted by Gasteiger charge is -2.19. The minimum atomic E-state index is -0.0865. The molecule has 1 aliphatic carbocycles. The van der Waals surface area contributed by atoms with Gasteiger partial charge in [-0.2, -0.15) is 0 Å². The molecule has 1 saturated carbocycles. The van der Waals surface area contributed by atoms with Gasteiger partial charge in [0.2, 0.25) is 0 Å². The van der Waals surface area contributed by atoms with Gasteiger partial charge in [0.05, 0.1) is 12.3 Å². The molecule has 0 saturated heterocycles. The number of nitrogens with one attached hydrogen (secondary N) is 1. The lowest BCUT2D eigenvalue weighted by molar-refractivity contribution is 0.0948. The molecule has 21 heavy (non-hydrogen) atoms. The second-order valence-corrected chi connectivity index (χ2v) is 5.30. The smallest absolute Gasteiger partial charge is 0.251 e. The molecule has 5 heteroatoms. The fourth-order valence-corrected chi connectivity index (χ4v) is 2.43. The molecule has 116 valence electrons. The Morgan fingerprint density at radius 3 is 2.76 bits per heavy atom. The van der Waals surface area contributed by atoms with Gasteiger partial charge in [0.1, 0.15) is 5.75 Å². The van der Waals surface area contributed by atoms with Crippen LogP contribution in [-0.4, -0.2) is 43.1 Å². The maximum atomic E-state index is 12.1. The second-order valence-electron chi connectivity index (χ2n) is 5.30. The summed E-state index contributed by atoms with van der Waals surface area (Å²) in [6.45, 7) is 7.22. The number of hydrogen-bond donors (Lipinski definition) is 2. The summed E-state index contributed by atoms with van der Waals surface area (Å²) < 4.78 is 5.37. The summed E-state index contributed by atoms with van der Waals surface area (Å²) in [5.41, 5.74) is 6.95. The quantitative estimate of drug-likeness (QED) is 0.718. The zero-order valence-electron chi connectivity index (χ0n) is 12.9. The minimum absolute atomic E-state index is 0.0865. The molecule has 0 bridgehead atoms. The van der Waals surface area contributed by atoms with Crippen LogP contribution in [0.4, 0.5) is 5.69 Å². The summed E-state index contributed by atoms with van der Waals surface area (Å²) in [5, 5.41) is 2.95. The first kappa shape index (κ1) is 15.6. The monoisotopic (exact) mass is 291 g/mol. The number of nitrogens with zero attached hydrogens (tertiary/aromatic N) is 1. The van der Waals surface area contributed by atoms with Crippen molar-refractivity contribution in [1.29, 1.82) is 0 Å². The van der Waals surface area contributed by atoms with Crippen molar-refractivity contribution in [2.45, 2.75) is 32.7 Å². The molecule has 3 N–H and O–H groups in total. The topological polar surface area (TPSA) is 67.6 Å². The number of nitrogen functional groups attached to an aromatic ring is 1. The Morgan fingerprint density at radius 2 is 2.19 bits per heavy atom. The van der Waals surface area contributed by atoms with Crippen LogP contribution in [0.1, 0.15) is 37.0 Å². The molecule has 1 aromatic carbocycles. The van der Waals surface area contributed by atoms with Crippen molar-refractivity contribution in [3.05, 3.63) is 23.8 Å². The third kappa shape index (κ3) is 4.36. The van der Waals surface area contributed by atoms with Crippen LogP contribution in [0.25, 0.3) is 0 Å². The van der Waals surface area contributed by atoms with E-state index in [0.29, 0.717) is 30.2 Å². The van der Waals surface area contributed by atoms with E-state index < -0.39 is 0 Å². The summed E-state index contributed by atoms with van der Waals surface area (Å²) in [4.78, 5) is 14.5. The molecule has 0 aliphatic heterocycles. The molecule has 0 atom stereocenters. The van der Waals surface area contributed by atoms with Crippen LogP contribution < -0.4 is 15.8 Å². The van der Waals surface area contributed by atoms with Crippen molar-refractivity contribution in [2.24, 2.45) is 0 Å². The average molecular weight is 291 g/mol. The van der Waals surface area contributed by atoms with Gasteiger partial charge >= 0.3 is 0 Å². The van der Waals surface area contributed by atoms with Crippen molar-refractivity contribution in [1.82, 2.24) is 10.2 Å². The second kappa shape index (κ2) is 7.31. The highest BCUT2D eigenvalue weighted by molar-refractivity contribution is 5.95. The Morgan fingerprint density at radius 1 is 1.43 bits per heavy atom. The van der Waals surface area contributed by atoms with Gasteiger partial charge in [0.25, 0.3) is 5.91 Å². The number of nitrogens with two attached hydrogens (primary N) is 1. The maximum Gasteiger partial charge on any atom is 0.251 e. The van der Waals surface area contributed by atoms with Crippen molar-refractivity contribution in [3.63, 3.8) is 0 Å². The van der Waals surface area contributed by atoms with Crippen molar-refractivity contribution in [2.75, 3.05) is 32.0 Å². The number of anilines is 1. The number of hydrogen-bond acceptors (Lipinski definition) is 4. The molecule has 0 radical (unpaired) electrons. The first-order valence-electron chi connectivity index (χ1n) is 7.70. The van der Waals surface area contributed by atoms with E-state index in [9.17, 15) is 4.79 Å². The van der Waals surface area contributed by atoms with Crippen LogP contribution in [-0.2, 0) is 0 Å². The lowest BCUT2D eigenvalue weighted by atomic mass is 10.1. The summed E-state index contributed by atoms with van der Waals surface area (Å²) in [7, 11) is 0. The summed E-state index contributed by atoms with van der Waals surface area (Å²) in [6, 6.07) is 5.89. The molecule has 0 unspecified atom stereocenters. The van der Waals surface area contributed by atoms with Crippen molar-refractivity contribution >= 4 is 11.6 Å². The highest BCUT2D eigenvalue weighted by Gasteiger charge is 2.27. The molecule has 5 nitrogen and oxygen atoms in total. The summed E-state index contributed by atoms with van der Waals surface area (Å²) in [6.07, 6.45) is 2.58. The van der Waals surface area contributed by atoms with Crippen LogP contribution in [0.15, 0.2) is 18.2 Å². The third-order valence-electron chi connectivity index (χ3n) is 3.73. The Bertz CT molecular complexity index is 486. The van der Waals surface area contributed by atoms with Gasteiger partial charge in [-0.15, -0.1) is 0 Å². The number of benzene rings is 1. The molecular weight excluding hydrogens is 266 g/mol. The van der Waals surface area contributed by atoms with Crippen LogP contribution in [0.3, 0.4) is 0 Å². The number of likely N-dealkylation sites (N-methyl/N-ethyl adjacent to an activating group) is 1. The van der Waals surface area contributed by atoms with E-state index in [1.165, 1.54) is 12.8 Å². The van der Waals surface area contributed by atoms with E-state index in [0.717, 1.165) is 19.1 Å². The largest absolute Gasteiger partial charge is 0.492 e. The van der Waals surface area contributed by atoms with Gasteiger partial charge in [-0.25, -0.2) is 0 Å². The number of carbonyl (C=O) groups excluding carboxylic acids is 1. The summed E-state index contributed by atoms with van der Waals surface area (Å²) >= 11 is 0. The van der Waals surface area contributed by atoms with E-state index in [1.807, 2.05) is 6.92 Å². The average Bonchev–Trinajstić information content (AvgIpc) is 3.30. The van der Waals surface area contributed by atoms with Gasteiger partial charge in [-0.05, 0) is 44.5 Å². The zero-order chi connectivity index (χ0) is 15.2. The first-order chi connectivity index (χ1) is 10.2. The fraction of sp³-hybridized carbons (Fsp3) is 0.562. The summed E-state index contributed by atoms with van der Waals surface area (Å²) in [5.74, 6) is 0.538. The van der Waals surface area contributed by atoms with E-state index in [-0.39, 0.29) is 5.91 Å². The molecular formula is C16H25N3O2. The lowest BCUT2D eigenvalue weighted by Crippen LogP contribution is -2.36. The Kier molecular flexibility index (Phi) is 5.44. The van der Waals surface area contributed by atoms with E-state index in [1.54, 1.807) is 18.2 Å². The Labute approximate surface area is 126 Å². The standard InChI is InChI=1S/C16H25N3O2/c1-3-19(13-6-7-13)10-9-18-16(20)12-5-8-15(21-4-2)14(17)11-12/h5,8,11,13H,3-4,6-7,9-10,17H2,1-2H3,(H,18,20). The number of carbonyl (C=O) groups is 1. The predicted molar refractivity (Wildman–Crippen MR) is 84.6 cm³/mol. The van der Waals surface area contributed by atoms with E-state index in [2.05, 4.69) is 17.1 Å². The molecule has 1 aromatic rings. The van der Waals surface area contributed by atoms with Gasteiger partial charge in [0.15, 0.2) is 0 Å². The van der Waals surface area contributed by atoms with Crippen LogP contribution >= 0.6 is 0 Å². The highest BCUT2D eigenvalue weighted by Crippen LogP contribution is 2.26. The molecule has 1 aliphatic rings. The van der Waals surface area contributed by atoms with E-state index >= 15 is 0 Å². The molecule has 1 amide bonds. The number of amides is 1. The Hall–Kier alpha value is -1.75. The third-order valence-corrected chi connectivity index (χ3v) is 3.73. The number of rotatable bonds is 8. The number of ether oxygens (including phenoxy) is 1. The van der Waals surface area contributed by atoms with Gasteiger partial charge in [-0.3, -0.25) is 9.69 Å². The molecule has 0 spiro atoms. The van der Waals surface area contributed by atoms with Gasteiger partial charge in [-0.1, -0.05) is 6.92 Å². The van der Waals surface area contributed by atoms with Gasteiger partial charge < -0.3 is 15.8 Å².